The molecule has 0 fully saturated rings. The number of nitrogens with one attached hydrogen (secondary N) is 1. The van der Waals surface area contributed by atoms with Crippen LogP contribution in [-0.2, 0) is 0 Å². The van der Waals surface area contributed by atoms with Gasteiger partial charge in [-0.2, -0.15) is 5.26 Å². The van der Waals surface area contributed by atoms with Crippen LogP contribution in [0.15, 0.2) is 0 Å². The van der Waals surface area contributed by atoms with Gasteiger partial charge in [-0.15, -0.1) is 0 Å². The lowest BCUT2D eigenvalue weighted by atomic mass is 10.1. The Bertz CT molecular complexity index is 124. The van der Waals surface area contributed by atoms with Gasteiger partial charge in [0.15, 0.2) is 0 Å². The van der Waals surface area contributed by atoms with Crippen molar-refractivity contribution < 1.29 is 0 Å². The smallest absolute Gasteiger partial charge is 0.0976 e. The molecule has 0 saturated carbocycles. The molecule has 0 saturated heterocycles. The van der Waals surface area contributed by atoms with Crippen LogP contribution in [0.4, 0.5) is 0 Å². The van der Waals surface area contributed by atoms with Crippen molar-refractivity contribution in [2.45, 2.75) is 39.7 Å². The maximum absolute atomic E-state index is 8.68. The molecule has 0 bridgehead atoms. The average Bonchev–Trinajstić information content (AvgIpc) is 1.97. The van der Waals surface area contributed by atoms with Gasteiger partial charge in [-0.25, -0.2) is 0 Å². The van der Waals surface area contributed by atoms with Gasteiger partial charge in [-0.05, 0) is 18.9 Å². The van der Waals surface area contributed by atoms with Crippen LogP contribution >= 0.6 is 0 Å². The van der Waals surface area contributed by atoms with Gasteiger partial charge in [-0.3, -0.25) is 0 Å². The van der Waals surface area contributed by atoms with E-state index >= 15 is 0 Å². The molecule has 0 spiro atoms. The zero-order valence-electron chi connectivity index (χ0n) is 7.72. The monoisotopic (exact) mass is 154 g/mol. The first-order chi connectivity index (χ1) is 5.22. The molecule has 0 aromatic rings. The quantitative estimate of drug-likeness (QED) is 0.614. The SMILES string of the molecule is CCCCNC(C#N)C(C)C. The highest BCUT2D eigenvalue weighted by atomic mass is 14.9. The van der Waals surface area contributed by atoms with E-state index in [4.69, 9.17) is 5.26 Å². The Labute approximate surface area is 69.6 Å². The fourth-order valence-electron chi connectivity index (χ4n) is 0.865. The first kappa shape index (κ1) is 10.4. The number of nitriles is 1. The third kappa shape index (κ3) is 4.80. The first-order valence-corrected chi connectivity index (χ1v) is 4.35. The highest BCUT2D eigenvalue weighted by Crippen LogP contribution is 1.99. The Morgan fingerprint density at radius 2 is 2.09 bits per heavy atom. The van der Waals surface area contributed by atoms with Crippen molar-refractivity contribution >= 4 is 0 Å². The second-order valence-electron chi connectivity index (χ2n) is 3.16. The van der Waals surface area contributed by atoms with Crippen molar-refractivity contribution in [3.05, 3.63) is 0 Å². The predicted molar refractivity (Wildman–Crippen MR) is 47.1 cm³/mol. The molecule has 0 aliphatic rings. The van der Waals surface area contributed by atoms with E-state index in [-0.39, 0.29) is 6.04 Å². The summed E-state index contributed by atoms with van der Waals surface area (Å²) in [6.07, 6.45) is 2.34. The zero-order valence-corrected chi connectivity index (χ0v) is 7.72. The third-order valence-electron chi connectivity index (χ3n) is 1.70. The van der Waals surface area contributed by atoms with Gasteiger partial charge in [0, 0.05) is 0 Å². The van der Waals surface area contributed by atoms with Gasteiger partial charge in [0.25, 0.3) is 0 Å². The fourth-order valence-corrected chi connectivity index (χ4v) is 0.865. The largest absolute Gasteiger partial charge is 0.302 e. The van der Waals surface area contributed by atoms with E-state index in [0.717, 1.165) is 13.0 Å². The summed E-state index contributed by atoms with van der Waals surface area (Å²) in [7, 11) is 0. The van der Waals surface area contributed by atoms with Crippen molar-refractivity contribution in [1.29, 1.82) is 5.26 Å². The molecule has 0 aliphatic heterocycles. The summed E-state index contributed by atoms with van der Waals surface area (Å²) in [4.78, 5) is 0. The van der Waals surface area contributed by atoms with Crippen molar-refractivity contribution in [2.24, 2.45) is 5.92 Å². The molecular formula is C9H18N2. The van der Waals surface area contributed by atoms with Gasteiger partial charge in [0.05, 0.1) is 12.1 Å². The van der Waals surface area contributed by atoms with E-state index in [1.54, 1.807) is 0 Å². The molecule has 0 aliphatic carbocycles. The van der Waals surface area contributed by atoms with Crippen LogP contribution in [0, 0.1) is 17.2 Å². The molecule has 11 heavy (non-hydrogen) atoms. The molecule has 0 amide bonds. The van der Waals surface area contributed by atoms with Crippen LogP contribution in [0.3, 0.4) is 0 Å². The lowest BCUT2D eigenvalue weighted by Gasteiger charge is -2.13. The zero-order chi connectivity index (χ0) is 8.69. The molecular weight excluding hydrogens is 136 g/mol. The summed E-state index contributed by atoms with van der Waals surface area (Å²) in [5.41, 5.74) is 0. The van der Waals surface area contributed by atoms with Crippen molar-refractivity contribution in [3.63, 3.8) is 0 Å². The van der Waals surface area contributed by atoms with E-state index in [1.807, 2.05) is 0 Å². The Hall–Kier alpha value is -0.550. The van der Waals surface area contributed by atoms with Gasteiger partial charge < -0.3 is 5.32 Å². The van der Waals surface area contributed by atoms with Crippen molar-refractivity contribution in [3.8, 4) is 6.07 Å². The molecule has 0 aromatic heterocycles. The Morgan fingerprint density at radius 1 is 1.45 bits per heavy atom. The number of hydrogen-bond acceptors (Lipinski definition) is 2. The van der Waals surface area contributed by atoms with Crippen LogP contribution < -0.4 is 5.32 Å². The van der Waals surface area contributed by atoms with Gasteiger partial charge >= 0.3 is 0 Å². The number of rotatable bonds is 5. The molecule has 0 rings (SSSR count). The summed E-state index contributed by atoms with van der Waals surface area (Å²) < 4.78 is 0. The molecule has 0 aromatic carbocycles. The van der Waals surface area contributed by atoms with E-state index in [2.05, 4.69) is 32.2 Å². The number of unbranched alkanes of at least 4 members (excludes halogenated alkanes) is 1. The molecule has 2 nitrogen and oxygen atoms in total. The van der Waals surface area contributed by atoms with E-state index in [0.29, 0.717) is 5.92 Å². The normalized spacial score (nSPS) is 13.0. The summed E-state index contributed by atoms with van der Waals surface area (Å²) in [5.74, 6) is 0.414. The van der Waals surface area contributed by atoms with E-state index in [1.165, 1.54) is 6.42 Å². The second kappa shape index (κ2) is 6.18. The Kier molecular flexibility index (Phi) is 5.87. The maximum Gasteiger partial charge on any atom is 0.0976 e. The lowest BCUT2D eigenvalue weighted by molar-refractivity contribution is 0.467. The molecule has 0 radical (unpaired) electrons. The van der Waals surface area contributed by atoms with Crippen LogP contribution in [-0.4, -0.2) is 12.6 Å². The van der Waals surface area contributed by atoms with Crippen molar-refractivity contribution in [2.75, 3.05) is 6.54 Å². The average molecular weight is 154 g/mol. The van der Waals surface area contributed by atoms with Gasteiger partial charge in [0.1, 0.15) is 0 Å². The van der Waals surface area contributed by atoms with Crippen LogP contribution in [0.1, 0.15) is 33.6 Å². The standard InChI is InChI=1S/C9H18N2/c1-4-5-6-11-9(7-10)8(2)3/h8-9,11H,4-6H2,1-3H3. The Morgan fingerprint density at radius 3 is 2.45 bits per heavy atom. The third-order valence-corrected chi connectivity index (χ3v) is 1.70. The van der Waals surface area contributed by atoms with Gasteiger partial charge in [0.2, 0.25) is 0 Å². The topological polar surface area (TPSA) is 35.8 Å². The second-order valence-corrected chi connectivity index (χ2v) is 3.16. The summed E-state index contributed by atoms with van der Waals surface area (Å²) in [6, 6.07) is 2.28. The maximum atomic E-state index is 8.68. The minimum absolute atomic E-state index is 0.0292. The molecule has 64 valence electrons. The first-order valence-electron chi connectivity index (χ1n) is 4.35. The molecule has 1 unspecified atom stereocenters. The van der Waals surface area contributed by atoms with Gasteiger partial charge in [-0.1, -0.05) is 27.2 Å². The molecule has 1 N–H and O–H groups in total. The summed E-state index contributed by atoms with van der Waals surface area (Å²) in [5, 5.41) is 11.9. The van der Waals surface area contributed by atoms with Crippen LogP contribution in [0.25, 0.3) is 0 Å². The molecule has 0 heterocycles. The minimum Gasteiger partial charge on any atom is -0.302 e. The number of hydrogen-bond donors (Lipinski definition) is 1. The van der Waals surface area contributed by atoms with Crippen LogP contribution in [0.2, 0.25) is 0 Å². The van der Waals surface area contributed by atoms with E-state index < -0.39 is 0 Å². The highest BCUT2D eigenvalue weighted by molar-refractivity contribution is 4.91. The molecule has 2 heteroatoms. The predicted octanol–water partition coefficient (Wildman–Crippen LogP) is 1.92. The number of nitrogens with zero attached hydrogens (tertiary/aromatic N) is 1. The van der Waals surface area contributed by atoms with Crippen LogP contribution in [0.5, 0.6) is 0 Å². The summed E-state index contributed by atoms with van der Waals surface area (Å²) >= 11 is 0. The highest BCUT2D eigenvalue weighted by Gasteiger charge is 2.09. The summed E-state index contributed by atoms with van der Waals surface area (Å²) in [6.45, 7) is 7.24. The Balaban J connectivity index is 3.47. The minimum atomic E-state index is 0.0292. The molecule has 1 atom stereocenters. The van der Waals surface area contributed by atoms with Crippen molar-refractivity contribution in [1.82, 2.24) is 5.32 Å². The van der Waals surface area contributed by atoms with E-state index in [9.17, 15) is 0 Å². The lowest BCUT2D eigenvalue weighted by Crippen LogP contribution is -2.32. The fraction of sp³-hybridized carbons (Fsp3) is 0.889.